The van der Waals surface area contributed by atoms with E-state index in [-0.39, 0.29) is 5.56 Å². The summed E-state index contributed by atoms with van der Waals surface area (Å²) in [5.74, 6) is -1.12. The smallest absolute Gasteiger partial charge is 0.254 e. The molecule has 0 heterocycles. The van der Waals surface area contributed by atoms with Crippen LogP contribution in [0.25, 0.3) is 0 Å². The van der Waals surface area contributed by atoms with Crippen molar-refractivity contribution >= 4 is 5.91 Å². The molecule has 17 heavy (non-hydrogen) atoms. The number of hydrogen-bond donors (Lipinski definition) is 3. The number of ether oxygens (including phenoxy) is 1. The minimum Gasteiger partial charge on any atom is -0.497 e. The quantitative estimate of drug-likeness (QED) is 0.675. The fraction of sp³-hybridized carbons (Fsp3) is 0.364. The second kappa shape index (κ2) is 6.17. The molecule has 0 spiro atoms. The molecule has 6 heteroatoms. The molecule has 0 saturated heterocycles. The number of hydrogen-bond acceptors (Lipinski definition) is 4. The molecule has 0 unspecified atom stereocenters. The van der Waals surface area contributed by atoms with E-state index in [1.807, 2.05) is 0 Å². The molecule has 0 aliphatic heterocycles. The van der Waals surface area contributed by atoms with E-state index in [9.17, 15) is 9.18 Å². The van der Waals surface area contributed by atoms with Crippen LogP contribution in [-0.4, -0.2) is 42.5 Å². The van der Waals surface area contributed by atoms with E-state index < -0.39 is 31.0 Å². The highest BCUT2D eigenvalue weighted by atomic mass is 19.1. The van der Waals surface area contributed by atoms with Gasteiger partial charge in [0.2, 0.25) is 0 Å². The molecule has 1 aromatic rings. The molecule has 0 fully saturated rings. The van der Waals surface area contributed by atoms with Crippen molar-refractivity contribution in [2.45, 2.75) is 6.04 Å². The molecular weight excluding hydrogens is 229 g/mol. The van der Waals surface area contributed by atoms with E-state index in [4.69, 9.17) is 14.9 Å². The van der Waals surface area contributed by atoms with Gasteiger partial charge in [-0.2, -0.15) is 0 Å². The van der Waals surface area contributed by atoms with Gasteiger partial charge in [0.05, 0.1) is 31.9 Å². The van der Waals surface area contributed by atoms with E-state index in [1.165, 1.54) is 19.2 Å². The van der Waals surface area contributed by atoms with E-state index in [0.717, 1.165) is 6.07 Å². The van der Waals surface area contributed by atoms with Crippen molar-refractivity contribution in [3.05, 3.63) is 29.6 Å². The molecule has 3 N–H and O–H groups in total. The van der Waals surface area contributed by atoms with Gasteiger partial charge < -0.3 is 20.3 Å². The van der Waals surface area contributed by atoms with Gasteiger partial charge in [-0.25, -0.2) is 4.39 Å². The van der Waals surface area contributed by atoms with Crippen LogP contribution in [-0.2, 0) is 0 Å². The summed E-state index contributed by atoms with van der Waals surface area (Å²) < 4.78 is 18.3. The summed E-state index contributed by atoms with van der Waals surface area (Å²) in [7, 11) is 1.39. The Morgan fingerprint density at radius 1 is 1.47 bits per heavy atom. The summed E-state index contributed by atoms with van der Waals surface area (Å²) in [5.41, 5.74) is -0.169. The lowest BCUT2D eigenvalue weighted by atomic mass is 10.1. The standard InChI is InChI=1S/C11H14FNO4/c1-17-8-2-3-9(10(12)4-8)11(16)13-7(5-14)6-15/h2-4,7,14-15H,5-6H2,1H3,(H,13,16). The molecule has 0 bridgehead atoms. The molecule has 1 aromatic carbocycles. The molecule has 5 nitrogen and oxygen atoms in total. The summed E-state index contributed by atoms with van der Waals surface area (Å²) in [4.78, 5) is 11.6. The first-order valence-corrected chi connectivity index (χ1v) is 4.98. The molecule has 1 amide bonds. The minimum atomic E-state index is -0.802. The van der Waals surface area contributed by atoms with Gasteiger partial charge in [0.1, 0.15) is 11.6 Å². The molecule has 0 aromatic heterocycles. The fourth-order valence-electron chi connectivity index (χ4n) is 1.22. The Labute approximate surface area is 97.8 Å². The van der Waals surface area contributed by atoms with Crippen LogP contribution >= 0.6 is 0 Å². The Bertz CT molecular complexity index is 393. The number of rotatable bonds is 5. The van der Waals surface area contributed by atoms with Gasteiger partial charge in [-0.1, -0.05) is 0 Å². The summed E-state index contributed by atoms with van der Waals surface area (Å²) in [6, 6.07) is 3.01. The van der Waals surface area contributed by atoms with Crippen molar-refractivity contribution < 1.29 is 24.1 Å². The van der Waals surface area contributed by atoms with E-state index in [0.29, 0.717) is 5.75 Å². The van der Waals surface area contributed by atoms with Gasteiger partial charge in [-0.15, -0.1) is 0 Å². The van der Waals surface area contributed by atoms with E-state index in [1.54, 1.807) is 0 Å². The van der Waals surface area contributed by atoms with Crippen LogP contribution in [0, 0.1) is 5.82 Å². The molecule has 94 valence electrons. The number of aliphatic hydroxyl groups excluding tert-OH is 2. The van der Waals surface area contributed by atoms with Crippen LogP contribution in [0.5, 0.6) is 5.75 Å². The van der Waals surface area contributed by atoms with Crippen LogP contribution < -0.4 is 10.1 Å². The molecule has 0 atom stereocenters. The first-order valence-electron chi connectivity index (χ1n) is 4.98. The van der Waals surface area contributed by atoms with Gasteiger partial charge in [0, 0.05) is 6.07 Å². The largest absolute Gasteiger partial charge is 0.497 e. The predicted molar refractivity (Wildman–Crippen MR) is 58.4 cm³/mol. The number of halogens is 1. The highest BCUT2D eigenvalue weighted by molar-refractivity contribution is 5.94. The fourth-order valence-corrected chi connectivity index (χ4v) is 1.22. The number of carbonyl (C=O) groups excluding carboxylic acids is 1. The number of carbonyl (C=O) groups is 1. The summed E-state index contributed by atoms with van der Waals surface area (Å²) in [6.07, 6.45) is 0. The van der Waals surface area contributed by atoms with Crippen LogP contribution in [0.3, 0.4) is 0 Å². The van der Waals surface area contributed by atoms with Crippen molar-refractivity contribution in [3.8, 4) is 5.75 Å². The zero-order chi connectivity index (χ0) is 12.8. The van der Waals surface area contributed by atoms with Crippen molar-refractivity contribution in [1.82, 2.24) is 5.32 Å². The lowest BCUT2D eigenvalue weighted by Crippen LogP contribution is -2.40. The maximum Gasteiger partial charge on any atom is 0.254 e. The van der Waals surface area contributed by atoms with Crippen LogP contribution in [0.2, 0.25) is 0 Å². The van der Waals surface area contributed by atoms with Crippen LogP contribution in [0.15, 0.2) is 18.2 Å². The SMILES string of the molecule is COc1ccc(C(=O)NC(CO)CO)c(F)c1. The van der Waals surface area contributed by atoms with Crippen LogP contribution in [0.4, 0.5) is 4.39 Å². The summed E-state index contributed by atoms with van der Waals surface area (Å²) in [6.45, 7) is -0.833. The molecule has 0 saturated carbocycles. The molecule has 1 rings (SSSR count). The Kier molecular flexibility index (Phi) is 4.86. The maximum absolute atomic E-state index is 13.5. The van der Waals surface area contributed by atoms with E-state index >= 15 is 0 Å². The second-order valence-electron chi connectivity index (χ2n) is 3.38. The predicted octanol–water partition coefficient (Wildman–Crippen LogP) is -0.0827. The Morgan fingerprint density at radius 3 is 2.59 bits per heavy atom. The minimum absolute atomic E-state index is 0.169. The van der Waals surface area contributed by atoms with Crippen molar-refractivity contribution in [1.29, 1.82) is 0 Å². The monoisotopic (exact) mass is 243 g/mol. The molecule has 0 aliphatic rings. The third-order valence-corrected chi connectivity index (χ3v) is 2.20. The van der Waals surface area contributed by atoms with Crippen LogP contribution in [0.1, 0.15) is 10.4 Å². The number of aliphatic hydroxyl groups is 2. The maximum atomic E-state index is 13.5. The van der Waals surface area contributed by atoms with Gasteiger partial charge in [-0.05, 0) is 12.1 Å². The van der Waals surface area contributed by atoms with Gasteiger partial charge in [-0.3, -0.25) is 4.79 Å². The normalized spacial score (nSPS) is 10.4. The number of methoxy groups -OCH3 is 1. The highest BCUT2D eigenvalue weighted by Crippen LogP contribution is 2.16. The zero-order valence-electron chi connectivity index (χ0n) is 9.31. The first kappa shape index (κ1) is 13.4. The zero-order valence-corrected chi connectivity index (χ0v) is 9.31. The third kappa shape index (κ3) is 3.40. The number of benzene rings is 1. The van der Waals surface area contributed by atoms with Gasteiger partial charge >= 0.3 is 0 Å². The Balaban J connectivity index is 2.82. The lowest BCUT2D eigenvalue weighted by molar-refractivity contribution is 0.0875. The first-order chi connectivity index (χ1) is 8.12. The molecule has 0 radical (unpaired) electrons. The average molecular weight is 243 g/mol. The third-order valence-electron chi connectivity index (χ3n) is 2.20. The van der Waals surface area contributed by atoms with E-state index in [2.05, 4.69) is 5.32 Å². The van der Waals surface area contributed by atoms with Crippen molar-refractivity contribution in [2.24, 2.45) is 0 Å². The van der Waals surface area contributed by atoms with Gasteiger partial charge in [0.25, 0.3) is 5.91 Å². The average Bonchev–Trinajstić information content (AvgIpc) is 2.35. The molecular formula is C11H14FNO4. The van der Waals surface area contributed by atoms with Gasteiger partial charge in [0.15, 0.2) is 0 Å². The summed E-state index contributed by atoms with van der Waals surface area (Å²) in [5, 5.41) is 19.9. The Morgan fingerprint density at radius 2 is 2.12 bits per heavy atom. The topological polar surface area (TPSA) is 78.8 Å². The molecule has 0 aliphatic carbocycles. The second-order valence-corrected chi connectivity index (χ2v) is 3.38. The number of nitrogens with one attached hydrogen (secondary N) is 1. The Hall–Kier alpha value is -1.66. The lowest BCUT2D eigenvalue weighted by Gasteiger charge is -2.13. The highest BCUT2D eigenvalue weighted by Gasteiger charge is 2.16. The number of amides is 1. The van der Waals surface area contributed by atoms with Crippen molar-refractivity contribution in [3.63, 3.8) is 0 Å². The van der Waals surface area contributed by atoms with Crippen molar-refractivity contribution in [2.75, 3.05) is 20.3 Å². The summed E-state index contributed by atoms with van der Waals surface area (Å²) >= 11 is 0.